The van der Waals surface area contributed by atoms with Crippen molar-refractivity contribution in [1.29, 1.82) is 0 Å². The van der Waals surface area contributed by atoms with Crippen LogP contribution in [0, 0.1) is 5.82 Å². The maximum Gasteiger partial charge on any atom is 0.317 e. The van der Waals surface area contributed by atoms with Crippen molar-refractivity contribution < 1.29 is 14.0 Å². The lowest BCUT2D eigenvalue weighted by atomic mass is 9.89. The van der Waals surface area contributed by atoms with E-state index < -0.39 is 0 Å². The molecule has 1 atom stereocenters. The molecule has 0 aliphatic carbocycles. The SMILES string of the molecule is CC(C)NC(=O)N1CCC[C@H](c2cccc(C(=O)NCc3ccc(F)cc3)c2)C1. The Kier molecular flexibility index (Phi) is 6.86. The topological polar surface area (TPSA) is 61.4 Å². The normalized spacial score (nSPS) is 16.6. The van der Waals surface area contributed by atoms with Crippen LogP contribution in [0.15, 0.2) is 48.5 Å². The van der Waals surface area contributed by atoms with Gasteiger partial charge in [0.1, 0.15) is 5.82 Å². The molecule has 0 saturated carbocycles. The summed E-state index contributed by atoms with van der Waals surface area (Å²) in [7, 11) is 0. The molecule has 29 heavy (non-hydrogen) atoms. The molecule has 0 spiro atoms. The summed E-state index contributed by atoms with van der Waals surface area (Å²) in [5.41, 5.74) is 2.50. The predicted molar refractivity (Wildman–Crippen MR) is 111 cm³/mol. The maximum atomic E-state index is 13.0. The van der Waals surface area contributed by atoms with Crippen LogP contribution >= 0.6 is 0 Å². The van der Waals surface area contributed by atoms with Crippen LogP contribution in [0.3, 0.4) is 0 Å². The third-order valence-corrected chi connectivity index (χ3v) is 5.11. The van der Waals surface area contributed by atoms with Gasteiger partial charge in [-0.1, -0.05) is 24.3 Å². The summed E-state index contributed by atoms with van der Waals surface area (Å²) in [5, 5.41) is 5.83. The van der Waals surface area contributed by atoms with E-state index in [0.29, 0.717) is 18.7 Å². The highest BCUT2D eigenvalue weighted by Gasteiger charge is 2.25. The minimum Gasteiger partial charge on any atom is -0.348 e. The number of amides is 3. The van der Waals surface area contributed by atoms with Gasteiger partial charge in [-0.2, -0.15) is 0 Å². The average Bonchev–Trinajstić information content (AvgIpc) is 2.73. The Balaban J connectivity index is 1.63. The standard InChI is InChI=1S/C23H28FN3O2/c1-16(2)26-23(29)27-12-4-7-20(15-27)18-5-3-6-19(13-18)22(28)25-14-17-8-10-21(24)11-9-17/h3,5-6,8-11,13,16,20H,4,7,12,14-15H2,1-2H3,(H,25,28)(H,26,29)/t20-/m0/s1. The summed E-state index contributed by atoms with van der Waals surface area (Å²) in [6.45, 7) is 5.66. The van der Waals surface area contributed by atoms with Crippen LogP contribution in [0.1, 0.15) is 54.1 Å². The van der Waals surface area contributed by atoms with Crippen molar-refractivity contribution in [3.8, 4) is 0 Å². The molecule has 1 fully saturated rings. The van der Waals surface area contributed by atoms with Crippen LogP contribution in [-0.4, -0.2) is 36.0 Å². The molecule has 1 aliphatic rings. The van der Waals surface area contributed by atoms with Crippen LogP contribution in [0.25, 0.3) is 0 Å². The lowest BCUT2D eigenvalue weighted by molar-refractivity contribution is 0.0950. The molecular weight excluding hydrogens is 369 g/mol. The zero-order valence-electron chi connectivity index (χ0n) is 17.0. The number of hydrogen-bond acceptors (Lipinski definition) is 2. The van der Waals surface area contributed by atoms with Crippen molar-refractivity contribution >= 4 is 11.9 Å². The van der Waals surface area contributed by atoms with Gasteiger partial charge in [-0.25, -0.2) is 9.18 Å². The largest absolute Gasteiger partial charge is 0.348 e. The molecule has 2 N–H and O–H groups in total. The number of piperidine rings is 1. The molecular formula is C23H28FN3O2. The molecule has 1 saturated heterocycles. The molecule has 2 aromatic rings. The number of carbonyl (C=O) groups is 2. The molecule has 3 amide bonds. The highest BCUT2D eigenvalue weighted by molar-refractivity contribution is 5.94. The van der Waals surface area contributed by atoms with E-state index in [0.717, 1.165) is 30.5 Å². The number of nitrogens with zero attached hydrogens (tertiary/aromatic N) is 1. The second kappa shape index (κ2) is 9.54. The number of benzene rings is 2. The van der Waals surface area contributed by atoms with Crippen molar-refractivity contribution in [2.45, 2.75) is 45.2 Å². The highest BCUT2D eigenvalue weighted by Crippen LogP contribution is 2.27. The second-order valence-electron chi connectivity index (χ2n) is 7.82. The molecule has 154 valence electrons. The van der Waals surface area contributed by atoms with Crippen molar-refractivity contribution in [1.82, 2.24) is 15.5 Å². The number of carbonyl (C=O) groups excluding carboxylic acids is 2. The summed E-state index contributed by atoms with van der Waals surface area (Å²) >= 11 is 0. The Morgan fingerprint density at radius 2 is 1.93 bits per heavy atom. The van der Waals surface area contributed by atoms with Crippen molar-refractivity contribution in [3.63, 3.8) is 0 Å². The Morgan fingerprint density at radius 1 is 1.17 bits per heavy atom. The molecule has 0 radical (unpaired) electrons. The fourth-order valence-corrected chi connectivity index (χ4v) is 3.59. The van der Waals surface area contributed by atoms with Gasteiger partial charge in [-0.3, -0.25) is 4.79 Å². The summed E-state index contributed by atoms with van der Waals surface area (Å²) in [6.07, 6.45) is 1.93. The smallest absolute Gasteiger partial charge is 0.317 e. The summed E-state index contributed by atoms with van der Waals surface area (Å²) < 4.78 is 13.0. The second-order valence-corrected chi connectivity index (χ2v) is 7.82. The Hall–Kier alpha value is -2.89. The zero-order chi connectivity index (χ0) is 20.8. The first-order valence-electron chi connectivity index (χ1n) is 10.1. The molecule has 0 aromatic heterocycles. The van der Waals surface area contributed by atoms with Crippen LogP contribution < -0.4 is 10.6 Å². The lowest BCUT2D eigenvalue weighted by Crippen LogP contribution is -2.47. The monoisotopic (exact) mass is 397 g/mol. The molecule has 1 aliphatic heterocycles. The number of nitrogens with one attached hydrogen (secondary N) is 2. The van der Waals surface area contributed by atoms with Gasteiger partial charge in [0.15, 0.2) is 0 Å². The summed E-state index contributed by atoms with van der Waals surface area (Å²) in [6, 6.07) is 13.8. The van der Waals surface area contributed by atoms with Gasteiger partial charge in [-0.05, 0) is 62.1 Å². The van der Waals surface area contributed by atoms with E-state index in [2.05, 4.69) is 10.6 Å². The van der Waals surface area contributed by atoms with E-state index in [1.165, 1.54) is 12.1 Å². The van der Waals surface area contributed by atoms with Gasteiger partial charge in [-0.15, -0.1) is 0 Å². The first-order chi connectivity index (χ1) is 13.9. The first-order valence-corrected chi connectivity index (χ1v) is 10.1. The fourth-order valence-electron chi connectivity index (χ4n) is 3.59. The van der Waals surface area contributed by atoms with Gasteiger partial charge in [0.25, 0.3) is 5.91 Å². The van der Waals surface area contributed by atoms with Crippen LogP contribution in [0.5, 0.6) is 0 Å². The number of urea groups is 1. The number of halogens is 1. The van der Waals surface area contributed by atoms with Crippen LogP contribution in [0.2, 0.25) is 0 Å². The van der Waals surface area contributed by atoms with Crippen molar-refractivity contribution in [2.75, 3.05) is 13.1 Å². The maximum absolute atomic E-state index is 13.0. The number of likely N-dealkylation sites (tertiary alicyclic amines) is 1. The third kappa shape index (κ3) is 5.79. The lowest BCUT2D eigenvalue weighted by Gasteiger charge is -2.33. The van der Waals surface area contributed by atoms with Crippen molar-refractivity contribution in [3.05, 3.63) is 71.0 Å². The molecule has 5 nitrogen and oxygen atoms in total. The van der Waals surface area contributed by atoms with Gasteiger partial charge in [0, 0.05) is 37.2 Å². The third-order valence-electron chi connectivity index (χ3n) is 5.11. The fraction of sp³-hybridized carbons (Fsp3) is 0.391. The zero-order valence-corrected chi connectivity index (χ0v) is 17.0. The van der Waals surface area contributed by atoms with Crippen LogP contribution in [-0.2, 0) is 6.54 Å². The van der Waals surface area contributed by atoms with E-state index in [1.807, 2.05) is 36.9 Å². The average molecular weight is 397 g/mol. The molecule has 2 aromatic carbocycles. The molecule has 1 heterocycles. The quantitative estimate of drug-likeness (QED) is 0.800. The van der Waals surface area contributed by atoms with E-state index in [4.69, 9.17) is 0 Å². The van der Waals surface area contributed by atoms with E-state index in [-0.39, 0.29) is 29.7 Å². The number of rotatable bonds is 5. The van der Waals surface area contributed by atoms with E-state index in [9.17, 15) is 14.0 Å². The summed E-state index contributed by atoms with van der Waals surface area (Å²) in [5.74, 6) is -0.246. The Bertz CT molecular complexity index is 851. The Morgan fingerprint density at radius 3 is 2.66 bits per heavy atom. The predicted octanol–water partition coefficient (Wildman–Crippen LogP) is 4.05. The van der Waals surface area contributed by atoms with E-state index in [1.54, 1.807) is 18.2 Å². The van der Waals surface area contributed by atoms with Gasteiger partial charge in [0.05, 0.1) is 0 Å². The van der Waals surface area contributed by atoms with E-state index >= 15 is 0 Å². The number of hydrogen-bond donors (Lipinski definition) is 2. The summed E-state index contributed by atoms with van der Waals surface area (Å²) in [4.78, 5) is 26.7. The minimum absolute atomic E-state index is 0.0297. The molecule has 3 rings (SSSR count). The molecule has 0 bridgehead atoms. The van der Waals surface area contributed by atoms with Crippen molar-refractivity contribution in [2.24, 2.45) is 0 Å². The highest BCUT2D eigenvalue weighted by atomic mass is 19.1. The Labute approximate surface area is 171 Å². The van der Waals surface area contributed by atoms with Crippen LogP contribution in [0.4, 0.5) is 9.18 Å². The molecule has 6 heteroatoms. The molecule has 0 unspecified atom stereocenters. The first kappa shape index (κ1) is 20.8. The van der Waals surface area contributed by atoms with Gasteiger partial charge in [0.2, 0.25) is 0 Å². The van der Waals surface area contributed by atoms with Gasteiger partial charge < -0.3 is 15.5 Å². The van der Waals surface area contributed by atoms with Gasteiger partial charge >= 0.3 is 6.03 Å². The minimum atomic E-state index is -0.295.